The van der Waals surface area contributed by atoms with Crippen LogP contribution in [0.5, 0.6) is 0 Å². The van der Waals surface area contributed by atoms with E-state index in [1.807, 2.05) is 16.8 Å². The smallest absolute Gasteiger partial charge is 0.215 e. The standard InChI is InChI=1S/C25H28Cl2N4O3/c26-20-5-6-22(23(27)13-20)25(17-30-10-7-29-18-30)33-15-21(16-34-25)32-14-19-3-1-2-4-24(19)31-11-8-28-9-12-31/h1-7,10,13,18,21,28H,8-9,11-12,14-17H2. The van der Waals surface area contributed by atoms with Crippen molar-refractivity contribution < 1.29 is 14.2 Å². The molecule has 2 aliphatic rings. The Balaban J connectivity index is 1.28. The molecule has 0 aliphatic carbocycles. The molecule has 0 bridgehead atoms. The maximum absolute atomic E-state index is 6.55. The summed E-state index contributed by atoms with van der Waals surface area (Å²) in [7, 11) is 0. The fourth-order valence-corrected chi connectivity index (χ4v) is 5.00. The Bertz CT molecular complexity index is 1080. The highest BCUT2D eigenvalue weighted by Gasteiger charge is 2.42. The molecule has 0 amide bonds. The molecule has 0 saturated carbocycles. The molecule has 5 rings (SSSR count). The Labute approximate surface area is 209 Å². The number of hydrogen-bond acceptors (Lipinski definition) is 6. The van der Waals surface area contributed by atoms with Crippen LogP contribution in [0.2, 0.25) is 10.0 Å². The Kier molecular flexibility index (Phi) is 7.39. The molecule has 2 saturated heterocycles. The molecule has 2 aromatic carbocycles. The van der Waals surface area contributed by atoms with Crippen LogP contribution in [-0.4, -0.2) is 55.0 Å². The van der Waals surface area contributed by atoms with Crippen LogP contribution in [0.3, 0.4) is 0 Å². The molecule has 0 atom stereocenters. The summed E-state index contributed by atoms with van der Waals surface area (Å²) in [6, 6.07) is 13.8. The summed E-state index contributed by atoms with van der Waals surface area (Å²) >= 11 is 12.7. The van der Waals surface area contributed by atoms with E-state index in [1.165, 1.54) is 11.3 Å². The van der Waals surface area contributed by atoms with Gasteiger partial charge in [-0.15, -0.1) is 0 Å². The number of nitrogens with zero attached hydrogens (tertiary/aromatic N) is 3. The lowest BCUT2D eigenvalue weighted by atomic mass is 10.0. The zero-order valence-electron chi connectivity index (χ0n) is 18.8. The van der Waals surface area contributed by atoms with Gasteiger partial charge < -0.3 is 29.0 Å². The third kappa shape index (κ3) is 5.25. The topological polar surface area (TPSA) is 60.8 Å². The second kappa shape index (κ2) is 10.6. The predicted octanol–water partition coefficient (Wildman–Crippen LogP) is 4.08. The molecule has 180 valence electrons. The molecule has 1 N–H and O–H groups in total. The molecular weight excluding hydrogens is 475 g/mol. The zero-order valence-corrected chi connectivity index (χ0v) is 20.3. The number of benzene rings is 2. The summed E-state index contributed by atoms with van der Waals surface area (Å²) < 4.78 is 20.9. The summed E-state index contributed by atoms with van der Waals surface area (Å²) in [5.74, 6) is -1.05. The highest BCUT2D eigenvalue weighted by atomic mass is 35.5. The predicted molar refractivity (Wildman–Crippen MR) is 132 cm³/mol. The monoisotopic (exact) mass is 502 g/mol. The zero-order chi connectivity index (χ0) is 23.4. The first-order chi connectivity index (χ1) is 16.6. The molecule has 2 fully saturated rings. The lowest BCUT2D eigenvalue weighted by Crippen LogP contribution is -2.47. The molecule has 34 heavy (non-hydrogen) atoms. The van der Waals surface area contributed by atoms with Gasteiger partial charge in [-0.1, -0.05) is 47.5 Å². The highest BCUT2D eigenvalue weighted by molar-refractivity contribution is 6.35. The largest absolute Gasteiger partial charge is 0.369 e. The molecule has 9 heteroatoms. The maximum Gasteiger partial charge on any atom is 0.215 e. The number of ether oxygens (including phenoxy) is 3. The minimum Gasteiger partial charge on any atom is -0.369 e. The summed E-state index contributed by atoms with van der Waals surface area (Å²) in [6.07, 6.45) is 5.13. The van der Waals surface area contributed by atoms with Crippen molar-refractivity contribution in [3.63, 3.8) is 0 Å². The Hall–Kier alpha value is -2.13. The second-order valence-corrected chi connectivity index (χ2v) is 9.38. The van der Waals surface area contributed by atoms with Crippen LogP contribution in [0, 0.1) is 0 Å². The van der Waals surface area contributed by atoms with E-state index in [0.717, 1.165) is 31.7 Å². The van der Waals surface area contributed by atoms with Gasteiger partial charge in [-0.25, -0.2) is 4.98 Å². The second-order valence-electron chi connectivity index (χ2n) is 8.53. The Morgan fingerprint density at radius 3 is 2.62 bits per heavy atom. The van der Waals surface area contributed by atoms with Crippen LogP contribution in [0.4, 0.5) is 5.69 Å². The van der Waals surface area contributed by atoms with Crippen molar-refractivity contribution in [1.29, 1.82) is 0 Å². The van der Waals surface area contributed by atoms with Crippen LogP contribution in [0.1, 0.15) is 11.1 Å². The molecule has 3 aromatic rings. The number of nitrogens with one attached hydrogen (secondary N) is 1. The molecule has 2 aliphatic heterocycles. The molecule has 3 heterocycles. The normalized spacial score (nSPS) is 23.2. The Morgan fingerprint density at radius 2 is 1.88 bits per heavy atom. The van der Waals surface area contributed by atoms with Crippen molar-refractivity contribution in [2.45, 2.75) is 25.0 Å². The van der Waals surface area contributed by atoms with E-state index < -0.39 is 5.79 Å². The van der Waals surface area contributed by atoms with Gasteiger partial charge in [0.15, 0.2) is 0 Å². The average molecular weight is 503 g/mol. The molecular formula is C25H28Cl2N4O3. The number of para-hydroxylation sites is 1. The van der Waals surface area contributed by atoms with E-state index >= 15 is 0 Å². The van der Waals surface area contributed by atoms with Crippen molar-refractivity contribution in [1.82, 2.24) is 14.9 Å². The molecule has 0 radical (unpaired) electrons. The quantitative estimate of drug-likeness (QED) is 0.525. The number of hydrogen-bond donors (Lipinski definition) is 1. The van der Waals surface area contributed by atoms with Crippen LogP contribution in [0.15, 0.2) is 61.2 Å². The van der Waals surface area contributed by atoms with Crippen LogP contribution in [0.25, 0.3) is 0 Å². The number of imidazole rings is 1. The van der Waals surface area contributed by atoms with Gasteiger partial charge in [0.05, 0.1) is 37.7 Å². The first kappa shape index (κ1) is 23.6. The molecule has 1 aromatic heterocycles. The SMILES string of the molecule is Clc1ccc(C2(Cn3ccnc3)OCC(OCc3ccccc3N3CCNCC3)CO2)c(Cl)c1. The first-order valence-corrected chi connectivity index (χ1v) is 12.2. The van der Waals surface area contributed by atoms with Gasteiger partial charge >= 0.3 is 0 Å². The van der Waals surface area contributed by atoms with E-state index in [9.17, 15) is 0 Å². The molecule has 0 unspecified atom stereocenters. The maximum atomic E-state index is 6.55. The number of anilines is 1. The highest BCUT2D eigenvalue weighted by Crippen LogP contribution is 2.38. The number of halogens is 2. The summed E-state index contributed by atoms with van der Waals surface area (Å²) in [5.41, 5.74) is 3.12. The molecule has 7 nitrogen and oxygen atoms in total. The number of rotatable bonds is 7. The van der Waals surface area contributed by atoms with Gasteiger partial charge in [-0.3, -0.25) is 0 Å². The van der Waals surface area contributed by atoms with E-state index in [2.05, 4.69) is 39.5 Å². The summed E-state index contributed by atoms with van der Waals surface area (Å²) in [4.78, 5) is 6.54. The first-order valence-electron chi connectivity index (χ1n) is 11.5. The van der Waals surface area contributed by atoms with Crippen molar-refractivity contribution in [2.24, 2.45) is 0 Å². The lowest BCUT2D eigenvalue weighted by Gasteiger charge is -2.41. The lowest BCUT2D eigenvalue weighted by molar-refractivity contribution is -0.313. The van der Waals surface area contributed by atoms with E-state index in [4.69, 9.17) is 37.4 Å². The van der Waals surface area contributed by atoms with Gasteiger partial charge in [0, 0.05) is 60.4 Å². The van der Waals surface area contributed by atoms with Gasteiger partial charge in [0.25, 0.3) is 0 Å². The van der Waals surface area contributed by atoms with Crippen molar-refractivity contribution in [2.75, 3.05) is 44.3 Å². The number of aromatic nitrogens is 2. The summed E-state index contributed by atoms with van der Waals surface area (Å²) in [6.45, 7) is 5.63. The minimum absolute atomic E-state index is 0.196. The average Bonchev–Trinajstić information content (AvgIpc) is 3.37. The van der Waals surface area contributed by atoms with Crippen molar-refractivity contribution in [3.05, 3.63) is 82.4 Å². The van der Waals surface area contributed by atoms with E-state index in [-0.39, 0.29) is 6.10 Å². The minimum atomic E-state index is -1.05. The van der Waals surface area contributed by atoms with Crippen LogP contribution in [-0.2, 0) is 33.1 Å². The fraction of sp³-hybridized carbons (Fsp3) is 0.400. The van der Waals surface area contributed by atoms with E-state index in [1.54, 1.807) is 24.7 Å². The van der Waals surface area contributed by atoms with Gasteiger partial charge in [0.2, 0.25) is 5.79 Å². The van der Waals surface area contributed by atoms with Crippen LogP contribution >= 0.6 is 23.2 Å². The third-order valence-corrected chi connectivity index (χ3v) is 6.77. The van der Waals surface area contributed by atoms with E-state index in [0.29, 0.717) is 36.4 Å². The van der Waals surface area contributed by atoms with Crippen LogP contribution < -0.4 is 10.2 Å². The third-order valence-electron chi connectivity index (χ3n) is 6.22. The Morgan fingerprint density at radius 1 is 1.09 bits per heavy atom. The van der Waals surface area contributed by atoms with Crippen molar-refractivity contribution in [3.8, 4) is 0 Å². The molecule has 0 spiro atoms. The number of piperazine rings is 1. The summed E-state index contributed by atoms with van der Waals surface area (Å²) in [5, 5.41) is 4.46. The van der Waals surface area contributed by atoms with Gasteiger partial charge in [-0.2, -0.15) is 0 Å². The van der Waals surface area contributed by atoms with Crippen molar-refractivity contribution >= 4 is 28.9 Å². The fourth-order valence-electron chi connectivity index (χ4n) is 4.45. The van der Waals surface area contributed by atoms with Gasteiger partial charge in [0.1, 0.15) is 6.10 Å². The van der Waals surface area contributed by atoms with Gasteiger partial charge in [-0.05, 0) is 18.2 Å².